The van der Waals surface area contributed by atoms with Gasteiger partial charge in [-0.3, -0.25) is 9.59 Å². The number of carboxylic acids is 1. The van der Waals surface area contributed by atoms with Gasteiger partial charge < -0.3 is 10.4 Å². The van der Waals surface area contributed by atoms with Crippen molar-refractivity contribution >= 4 is 11.9 Å². The molecule has 0 bridgehead atoms. The molecule has 1 aliphatic carbocycles. The fourth-order valence-electron chi connectivity index (χ4n) is 2.44. The summed E-state index contributed by atoms with van der Waals surface area (Å²) in [6.45, 7) is 1.85. The molecule has 0 spiro atoms. The molecule has 0 aliphatic heterocycles. The molecule has 1 amide bonds. The summed E-state index contributed by atoms with van der Waals surface area (Å²) in [5, 5.41) is 16.1. The molecule has 1 aromatic heterocycles. The largest absolute Gasteiger partial charge is 0.480 e. The van der Waals surface area contributed by atoms with Gasteiger partial charge in [0.1, 0.15) is 5.41 Å². The number of benzene rings is 1. The number of aliphatic carboxylic acids is 1. The Balaban J connectivity index is 1.76. The van der Waals surface area contributed by atoms with Gasteiger partial charge in [-0.2, -0.15) is 5.10 Å². The Morgan fingerprint density at radius 3 is 2.73 bits per heavy atom. The Hall–Kier alpha value is -2.63. The van der Waals surface area contributed by atoms with Crippen molar-refractivity contribution in [3.63, 3.8) is 0 Å². The van der Waals surface area contributed by atoms with Crippen molar-refractivity contribution in [1.29, 1.82) is 0 Å². The van der Waals surface area contributed by atoms with Gasteiger partial charge in [0.2, 0.25) is 5.91 Å². The molecule has 6 nitrogen and oxygen atoms in total. The maximum absolute atomic E-state index is 12.2. The summed E-state index contributed by atoms with van der Waals surface area (Å²) < 4.78 is 1.73. The minimum atomic E-state index is -1.21. The molecule has 3 rings (SSSR count). The topological polar surface area (TPSA) is 84.2 Å². The minimum Gasteiger partial charge on any atom is -0.480 e. The van der Waals surface area contributed by atoms with Crippen molar-refractivity contribution in [2.24, 2.45) is 5.41 Å². The van der Waals surface area contributed by atoms with Crippen molar-refractivity contribution in [3.8, 4) is 5.69 Å². The van der Waals surface area contributed by atoms with Crippen LogP contribution in [-0.2, 0) is 9.59 Å². The average molecular weight is 299 g/mol. The summed E-state index contributed by atoms with van der Waals surface area (Å²) in [5.74, 6) is -1.44. The van der Waals surface area contributed by atoms with E-state index in [1.807, 2.05) is 43.5 Å². The molecule has 22 heavy (non-hydrogen) atoms. The van der Waals surface area contributed by atoms with Crippen LogP contribution in [0.5, 0.6) is 0 Å². The van der Waals surface area contributed by atoms with Crippen LogP contribution in [0.2, 0.25) is 0 Å². The van der Waals surface area contributed by atoms with Gasteiger partial charge in [-0.1, -0.05) is 12.1 Å². The van der Waals surface area contributed by atoms with Crippen LogP contribution in [0, 0.1) is 5.41 Å². The van der Waals surface area contributed by atoms with E-state index in [0.29, 0.717) is 12.8 Å². The van der Waals surface area contributed by atoms with Gasteiger partial charge in [-0.05, 0) is 43.5 Å². The highest BCUT2D eigenvalue weighted by Gasteiger charge is 2.57. The zero-order chi connectivity index (χ0) is 15.7. The van der Waals surface area contributed by atoms with E-state index < -0.39 is 17.3 Å². The van der Waals surface area contributed by atoms with Crippen LogP contribution in [0.4, 0.5) is 0 Å². The first-order valence-corrected chi connectivity index (χ1v) is 7.17. The summed E-state index contributed by atoms with van der Waals surface area (Å²) in [4.78, 5) is 23.3. The van der Waals surface area contributed by atoms with E-state index in [1.165, 1.54) is 0 Å². The van der Waals surface area contributed by atoms with Crippen LogP contribution >= 0.6 is 0 Å². The number of nitrogens with one attached hydrogen (secondary N) is 1. The smallest absolute Gasteiger partial charge is 0.319 e. The molecule has 1 fully saturated rings. The molecule has 0 unspecified atom stereocenters. The van der Waals surface area contributed by atoms with E-state index in [4.69, 9.17) is 5.11 Å². The number of carbonyl (C=O) groups is 2. The molecule has 1 heterocycles. The summed E-state index contributed by atoms with van der Waals surface area (Å²) in [5.41, 5.74) is 0.582. The number of hydrogen-bond acceptors (Lipinski definition) is 3. The summed E-state index contributed by atoms with van der Waals surface area (Å²) >= 11 is 0. The monoisotopic (exact) mass is 299 g/mol. The molecule has 2 N–H and O–H groups in total. The number of aromatic nitrogens is 2. The number of carbonyl (C=O) groups excluding carboxylic acids is 1. The highest BCUT2D eigenvalue weighted by Crippen LogP contribution is 2.46. The zero-order valence-electron chi connectivity index (χ0n) is 12.2. The Morgan fingerprint density at radius 2 is 2.14 bits per heavy atom. The van der Waals surface area contributed by atoms with E-state index >= 15 is 0 Å². The normalized spacial score (nSPS) is 16.8. The molecule has 114 valence electrons. The first-order chi connectivity index (χ1) is 10.5. The molecule has 2 aromatic rings. The zero-order valence-corrected chi connectivity index (χ0v) is 12.2. The first kappa shape index (κ1) is 14.3. The average Bonchev–Trinajstić information content (AvgIpc) is 3.16. The van der Waals surface area contributed by atoms with E-state index in [0.717, 1.165) is 11.3 Å². The fraction of sp³-hybridized carbons (Fsp3) is 0.312. The van der Waals surface area contributed by atoms with Gasteiger partial charge in [-0.15, -0.1) is 0 Å². The Bertz CT molecular complexity index is 705. The van der Waals surface area contributed by atoms with Crippen molar-refractivity contribution in [2.45, 2.75) is 25.8 Å². The second-order valence-corrected chi connectivity index (χ2v) is 5.63. The maximum atomic E-state index is 12.2. The Labute approximate surface area is 127 Å². The molecular weight excluding hydrogens is 282 g/mol. The van der Waals surface area contributed by atoms with E-state index in [-0.39, 0.29) is 6.04 Å². The van der Waals surface area contributed by atoms with Gasteiger partial charge in [-0.25, -0.2) is 4.68 Å². The van der Waals surface area contributed by atoms with Gasteiger partial charge in [0.05, 0.1) is 11.7 Å². The molecule has 1 aliphatic rings. The highest BCUT2D eigenvalue weighted by atomic mass is 16.4. The van der Waals surface area contributed by atoms with Crippen molar-refractivity contribution in [2.75, 3.05) is 0 Å². The molecule has 0 radical (unpaired) electrons. The molecule has 1 aromatic carbocycles. The molecular formula is C16H17N3O3. The van der Waals surface area contributed by atoms with Gasteiger partial charge in [0.25, 0.3) is 0 Å². The SMILES string of the molecule is C[C@H](NC(=O)C1(C(=O)O)CC1)c1cccc(-n2cccn2)c1. The van der Waals surface area contributed by atoms with Gasteiger partial charge in [0.15, 0.2) is 0 Å². The number of nitrogens with zero attached hydrogens (tertiary/aromatic N) is 2. The second-order valence-electron chi connectivity index (χ2n) is 5.63. The van der Waals surface area contributed by atoms with E-state index in [2.05, 4.69) is 10.4 Å². The van der Waals surface area contributed by atoms with Crippen LogP contribution in [0.25, 0.3) is 5.69 Å². The Kier molecular flexibility index (Phi) is 3.44. The second kappa shape index (κ2) is 5.29. The lowest BCUT2D eigenvalue weighted by molar-refractivity contribution is -0.149. The third-order valence-corrected chi connectivity index (χ3v) is 4.08. The molecule has 0 saturated heterocycles. The third-order valence-electron chi connectivity index (χ3n) is 4.08. The number of carboxylic acid groups (broad SMARTS) is 1. The maximum Gasteiger partial charge on any atom is 0.319 e. The van der Waals surface area contributed by atoms with E-state index in [1.54, 1.807) is 10.9 Å². The van der Waals surface area contributed by atoms with Crippen LogP contribution in [-0.4, -0.2) is 26.8 Å². The number of hydrogen-bond donors (Lipinski definition) is 2. The quantitative estimate of drug-likeness (QED) is 0.826. The minimum absolute atomic E-state index is 0.264. The predicted octanol–water partition coefficient (Wildman–Crippen LogP) is 1.91. The number of rotatable bonds is 5. The van der Waals surface area contributed by atoms with Crippen LogP contribution in [0.3, 0.4) is 0 Å². The van der Waals surface area contributed by atoms with Crippen molar-refractivity contribution in [1.82, 2.24) is 15.1 Å². The summed E-state index contributed by atoms with van der Waals surface area (Å²) in [7, 11) is 0. The lowest BCUT2D eigenvalue weighted by atomic mass is 10.0. The first-order valence-electron chi connectivity index (χ1n) is 7.17. The molecule has 1 atom stereocenters. The predicted molar refractivity (Wildman–Crippen MR) is 79.4 cm³/mol. The van der Waals surface area contributed by atoms with E-state index in [9.17, 15) is 9.59 Å². The van der Waals surface area contributed by atoms with Crippen LogP contribution in [0.15, 0.2) is 42.7 Å². The van der Waals surface area contributed by atoms with Crippen molar-refractivity contribution in [3.05, 3.63) is 48.3 Å². The van der Waals surface area contributed by atoms with Crippen LogP contribution < -0.4 is 5.32 Å². The lowest BCUT2D eigenvalue weighted by Crippen LogP contribution is -2.38. The van der Waals surface area contributed by atoms with Crippen molar-refractivity contribution < 1.29 is 14.7 Å². The Morgan fingerprint density at radius 1 is 1.36 bits per heavy atom. The molecule has 6 heteroatoms. The van der Waals surface area contributed by atoms with Gasteiger partial charge >= 0.3 is 5.97 Å². The summed E-state index contributed by atoms with van der Waals surface area (Å²) in [6.07, 6.45) is 4.36. The fourth-order valence-corrected chi connectivity index (χ4v) is 2.44. The molecule has 1 saturated carbocycles. The standard InChI is InChI=1S/C16H17N3O3/c1-11(18-14(20)16(6-7-16)15(21)22)12-4-2-5-13(10-12)19-9-3-8-17-19/h2-5,8-11H,6-7H2,1H3,(H,18,20)(H,21,22)/t11-/m0/s1. The highest BCUT2D eigenvalue weighted by molar-refractivity contribution is 6.04. The summed E-state index contributed by atoms with van der Waals surface area (Å²) in [6, 6.07) is 9.21. The number of amides is 1. The lowest BCUT2D eigenvalue weighted by Gasteiger charge is -2.18. The third kappa shape index (κ3) is 2.47. The van der Waals surface area contributed by atoms with Gasteiger partial charge in [0, 0.05) is 12.4 Å². The van der Waals surface area contributed by atoms with Crippen LogP contribution in [0.1, 0.15) is 31.4 Å².